The Balaban J connectivity index is 1.82. The van der Waals surface area contributed by atoms with E-state index in [1.54, 1.807) is 12.1 Å². The largest absolute Gasteiger partial charge is 0.462 e. The van der Waals surface area contributed by atoms with E-state index in [0.29, 0.717) is 29.7 Å². The molecule has 0 aliphatic carbocycles. The molecule has 0 saturated carbocycles. The summed E-state index contributed by atoms with van der Waals surface area (Å²) in [7, 11) is 0. The van der Waals surface area contributed by atoms with Crippen LogP contribution >= 0.6 is 0 Å². The normalized spacial score (nSPS) is 11.1. The summed E-state index contributed by atoms with van der Waals surface area (Å²) in [5, 5.41) is 1.47. The molecule has 0 aliphatic rings. The molecule has 36 heavy (non-hydrogen) atoms. The Kier molecular flexibility index (Phi) is 15.6. The highest BCUT2D eigenvalue weighted by Gasteiger charge is 2.19. The van der Waals surface area contributed by atoms with Crippen molar-refractivity contribution < 1.29 is 19.1 Å². The molecule has 0 N–H and O–H groups in total. The van der Waals surface area contributed by atoms with E-state index in [1.807, 2.05) is 24.3 Å². The lowest BCUT2D eigenvalue weighted by atomic mass is 9.99. The molecule has 0 bridgehead atoms. The second-order valence-electron chi connectivity index (χ2n) is 9.93. The van der Waals surface area contributed by atoms with Gasteiger partial charge >= 0.3 is 11.9 Å². The van der Waals surface area contributed by atoms with E-state index < -0.39 is 0 Å². The maximum atomic E-state index is 12.9. The molecule has 0 heterocycles. The third-order valence-corrected chi connectivity index (χ3v) is 6.81. The van der Waals surface area contributed by atoms with Crippen LogP contribution in [0.5, 0.6) is 0 Å². The quantitative estimate of drug-likeness (QED) is 0.135. The molecule has 200 valence electrons. The minimum absolute atomic E-state index is 0.369. The Morgan fingerprint density at radius 1 is 0.528 bits per heavy atom. The van der Waals surface area contributed by atoms with Gasteiger partial charge in [-0.3, -0.25) is 0 Å². The van der Waals surface area contributed by atoms with Gasteiger partial charge in [-0.1, -0.05) is 128 Å². The van der Waals surface area contributed by atoms with Gasteiger partial charge in [0.05, 0.1) is 24.3 Å². The zero-order valence-corrected chi connectivity index (χ0v) is 22.8. The van der Waals surface area contributed by atoms with Gasteiger partial charge in [-0.05, 0) is 30.4 Å². The SMILES string of the molecule is CCCCCCCCCCOC(=O)c1cccc2cccc(C(=O)OCCCCCCCCCC)c12. The average Bonchev–Trinajstić information content (AvgIpc) is 2.90. The lowest BCUT2D eigenvalue weighted by Gasteiger charge is -2.12. The highest BCUT2D eigenvalue weighted by Crippen LogP contribution is 2.25. The minimum atomic E-state index is -0.369. The van der Waals surface area contributed by atoms with Crippen LogP contribution in [0.15, 0.2) is 36.4 Å². The molecule has 0 aromatic heterocycles. The number of fused-ring (bicyclic) bond motifs is 1. The van der Waals surface area contributed by atoms with Crippen molar-refractivity contribution in [3.8, 4) is 0 Å². The molecule has 0 aliphatic heterocycles. The van der Waals surface area contributed by atoms with Crippen molar-refractivity contribution in [1.82, 2.24) is 0 Å². The number of carbonyl (C=O) groups is 2. The first kappa shape index (κ1) is 29.9. The predicted molar refractivity (Wildman–Crippen MR) is 150 cm³/mol. The molecule has 0 radical (unpaired) electrons. The summed E-state index contributed by atoms with van der Waals surface area (Å²) in [5.74, 6) is -0.737. The number of rotatable bonds is 20. The first-order valence-corrected chi connectivity index (χ1v) is 14.5. The van der Waals surface area contributed by atoms with Crippen molar-refractivity contribution in [2.45, 2.75) is 117 Å². The number of ether oxygens (including phenoxy) is 2. The van der Waals surface area contributed by atoms with Crippen LogP contribution in [-0.2, 0) is 9.47 Å². The van der Waals surface area contributed by atoms with Gasteiger partial charge < -0.3 is 9.47 Å². The van der Waals surface area contributed by atoms with E-state index in [4.69, 9.17) is 9.47 Å². The summed E-state index contributed by atoms with van der Waals surface area (Å²) in [6.07, 6.45) is 19.2. The molecule has 2 rings (SSSR count). The van der Waals surface area contributed by atoms with Gasteiger partial charge in [-0.2, -0.15) is 0 Å². The second kappa shape index (κ2) is 18.8. The summed E-state index contributed by atoms with van der Waals surface area (Å²) >= 11 is 0. The topological polar surface area (TPSA) is 52.6 Å². The van der Waals surface area contributed by atoms with Crippen LogP contribution in [0, 0.1) is 0 Å². The lowest BCUT2D eigenvalue weighted by Crippen LogP contribution is -2.11. The smallest absolute Gasteiger partial charge is 0.338 e. The molecular formula is C32H48O4. The second-order valence-corrected chi connectivity index (χ2v) is 9.93. The predicted octanol–water partition coefficient (Wildman–Crippen LogP) is 9.43. The maximum Gasteiger partial charge on any atom is 0.338 e. The van der Waals surface area contributed by atoms with Crippen LogP contribution in [0.25, 0.3) is 10.8 Å². The number of hydrogen-bond donors (Lipinski definition) is 0. The number of esters is 2. The van der Waals surface area contributed by atoms with Crippen molar-refractivity contribution in [2.24, 2.45) is 0 Å². The van der Waals surface area contributed by atoms with Crippen LogP contribution in [-0.4, -0.2) is 25.2 Å². The summed E-state index contributed by atoms with van der Waals surface area (Å²) in [6, 6.07) is 11.0. The maximum absolute atomic E-state index is 12.9. The van der Waals surface area contributed by atoms with Crippen molar-refractivity contribution in [1.29, 1.82) is 0 Å². The number of carbonyl (C=O) groups excluding carboxylic acids is 2. The third-order valence-electron chi connectivity index (χ3n) is 6.81. The van der Waals surface area contributed by atoms with E-state index in [2.05, 4.69) is 13.8 Å². The van der Waals surface area contributed by atoms with E-state index in [-0.39, 0.29) is 11.9 Å². The first-order chi connectivity index (χ1) is 17.7. The van der Waals surface area contributed by atoms with Gasteiger partial charge in [0, 0.05) is 5.39 Å². The number of hydrogen-bond acceptors (Lipinski definition) is 4. The van der Waals surface area contributed by atoms with Crippen molar-refractivity contribution >= 4 is 22.7 Å². The summed E-state index contributed by atoms with van der Waals surface area (Å²) in [5.41, 5.74) is 0.874. The Morgan fingerprint density at radius 3 is 1.28 bits per heavy atom. The van der Waals surface area contributed by atoms with Gasteiger partial charge in [-0.15, -0.1) is 0 Å². The average molecular weight is 497 g/mol. The van der Waals surface area contributed by atoms with E-state index in [0.717, 1.165) is 31.1 Å². The monoisotopic (exact) mass is 496 g/mol. The van der Waals surface area contributed by atoms with Crippen molar-refractivity contribution in [2.75, 3.05) is 13.2 Å². The molecule has 4 nitrogen and oxygen atoms in total. The van der Waals surface area contributed by atoms with E-state index >= 15 is 0 Å². The summed E-state index contributed by atoms with van der Waals surface area (Å²) < 4.78 is 11.2. The Bertz CT molecular complexity index is 820. The van der Waals surface area contributed by atoms with E-state index in [1.165, 1.54) is 77.0 Å². The van der Waals surface area contributed by atoms with Crippen LogP contribution in [0.2, 0.25) is 0 Å². The summed E-state index contributed by atoms with van der Waals surface area (Å²) in [6.45, 7) is 5.28. The van der Waals surface area contributed by atoms with Crippen molar-refractivity contribution in [3.63, 3.8) is 0 Å². The Morgan fingerprint density at radius 2 is 0.889 bits per heavy atom. The summed E-state index contributed by atoms with van der Waals surface area (Å²) in [4.78, 5) is 25.8. The molecule has 0 saturated heterocycles. The van der Waals surface area contributed by atoms with Crippen LogP contribution in [0.3, 0.4) is 0 Å². The van der Waals surface area contributed by atoms with Gasteiger partial charge in [0.1, 0.15) is 0 Å². The van der Waals surface area contributed by atoms with Crippen LogP contribution < -0.4 is 0 Å². The molecule has 4 heteroatoms. The molecule has 2 aromatic carbocycles. The number of unbranched alkanes of at least 4 members (excludes halogenated alkanes) is 14. The molecule has 0 amide bonds. The molecular weight excluding hydrogens is 448 g/mol. The van der Waals surface area contributed by atoms with Crippen LogP contribution in [0.4, 0.5) is 0 Å². The first-order valence-electron chi connectivity index (χ1n) is 14.5. The fourth-order valence-corrected chi connectivity index (χ4v) is 4.64. The fraction of sp³-hybridized carbons (Fsp3) is 0.625. The minimum Gasteiger partial charge on any atom is -0.462 e. The van der Waals surface area contributed by atoms with Crippen LogP contribution in [0.1, 0.15) is 137 Å². The van der Waals surface area contributed by atoms with Gasteiger partial charge in [0.15, 0.2) is 0 Å². The molecule has 0 fully saturated rings. The Labute approximate surface area is 219 Å². The van der Waals surface area contributed by atoms with Gasteiger partial charge in [-0.25, -0.2) is 9.59 Å². The van der Waals surface area contributed by atoms with E-state index in [9.17, 15) is 9.59 Å². The zero-order valence-electron chi connectivity index (χ0n) is 22.8. The lowest BCUT2D eigenvalue weighted by molar-refractivity contribution is 0.0498. The Hall–Kier alpha value is -2.36. The molecule has 0 atom stereocenters. The van der Waals surface area contributed by atoms with Gasteiger partial charge in [0.25, 0.3) is 0 Å². The van der Waals surface area contributed by atoms with Crippen molar-refractivity contribution in [3.05, 3.63) is 47.5 Å². The molecule has 0 spiro atoms. The standard InChI is InChI=1S/C32H48O4/c1-3-5-7-9-11-13-15-17-25-35-31(33)28-23-19-21-27-22-20-24-29(30(27)28)32(34)36-26-18-16-14-12-10-8-6-4-2/h19-24H,3-18,25-26H2,1-2H3. The highest BCUT2D eigenvalue weighted by atomic mass is 16.5. The molecule has 2 aromatic rings. The zero-order chi connectivity index (χ0) is 25.8. The highest BCUT2D eigenvalue weighted by molar-refractivity contribution is 6.13. The van der Waals surface area contributed by atoms with Gasteiger partial charge in [0.2, 0.25) is 0 Å². The fourth-order valence-electron chi connectivity index (χ4n) is 4.64. The third kappa shape index (κ3) is 11.1. The molecule has 0 unspecified atom stereocenters. The number of benzene rings is 2.